The number of imidazole rings is 1. The van der Waals surface area contributed by atoms with E-state index in [1.807, 2.05) is 13.8 Å². The second-order valence-corrected chi connectivity index (χ2v) is 4.92. The van der Waals surface area contributed by atoms with Gasteiger partial charge >= 0.3 is 5.56 Å². The normalized spacial score (nSPS) is 21.4. The SMILES string of the molecule is CC1(C)OCC(COn2c(N)nc3nc[nH]c3c2=O)O1. The number of nitrogens with two attached hydrogens (primary N) is 1. The zero-order valence-corrected chi connectivity index (χ0v) is 11.1. The molecule has 1 fully saturated rings. The molecule has 0 aliphatic carbocycles. The molecule has 3 N–H and O–H groups in total. The molecule has 0 aromatic carbocycles. The van der Waals surface area contributed by atoms with Crippen molar-refractivity contribution in [3.05, 3.63) is 16.7 Å². The molecule has 9 heteroatoms. The van der Waals surface area contributed by atoms with Crippen LogP contribution in [-0.4, -0.2) is 44.8 Å². The zero-order valence-electron chi connectivity index (χ0n) is 11.1. The number of nitrogen functional groups attached to an aromatic ring is 1. The Morgan fingerprint density at radius 1 is 1.65 bits per heavy atom. The lowest BCUT2D eigenvalue weighted by molar-refractivity contribution is -0.145. The maximum atomic E-state index is 12.1. The van der Waals surface area contributed by atoms with Gasteiger partial charge in [-0.25, -0.2) is 4.98 Å². The Bertz CT molecular complexity index is 692. The van der Waals surface area contributed by atoms with Crippen molar-refractivity contribution in [3.8, 4) is 0 Å². The number of aromatic nitrogens is 4. The van der Waals surface area contributed by atoms with Gasteiger partial charge in [-0.1, -0.05) is 0 Å². The van der Waals surface area contributed by atoms with Crippen molar-refractivity contribution in [3.63, 3.8) is 0 Å². The smallest absolute Gasteiger partial charge is 0.314 e. The Morgan fingerprint density at radius 3 is 3.15 bits per heavy atom. The maximum Gasteiger partial charge on any atom is 0.314 e. The Kier molecular flexibility index (Phi) is 2.87. The Morgan fingerprint density at radius 2 is 2.45 bits per heavy atom. The van der Waals surface area contributed by atoms with Crippen LogP contribution >= 0.6 is 0 Å². The second-order valence-electron chi connectivity index (χ2n) is 4.92. The van der Waals surface area contributed by atoms with Gasteiger partial charge in [-0.15, -0.1) is 4.73 Å². The molecular weight excluding hydrogens is 266 g/mol. The summed E-state index contributed by atoms with van der Waals surface area (Å²) in [5.74, 6) is -0.705. The molecule has 2 aromatic heterocycles. The highest BCUT2D eigenvalue weighted by atomic mass is 16.8. The van der Waals surface area contributed by atoms with Crippen molar-refractivity contribution in [2.45, 2.75) is 25.7 Å². The number of fused-ring (bicyclic) bond motifs is 1. The van der Waals surface area contributed by atoms with E-state index < -0.39 is 11.3 Å². The molecule has 0 radical (unpaired) electrons. The number of nitrogens with one attached hydrogen (secondary N) is 1. The summed E-state index contributed by atoms with van der Waals surface area (Å²) < 4.78 is 11.9. The number of hydrogen-bond donors (Lipinski definition) is 2. The van der Waals surface area contributed by atoms with E-state index in [1.165, 1.54) is 6.33 Å². The van der Waals surface area contributed by atoms with Crippen LogP contribution in [0, 0.1) is 0 Å². The van der Waals surface area contributed by atoms with E-state index in [0.29, 0.717) is 6.61 Å². The fraction of sp³-hybridized carbons (Fsp3) is 0.545. The lowest BCUT2D eigenvalue weighted by Crippen LogP contribution is -2.35. The third kappa shape index (κ3) is 2.21. The molecule has 3 rings (SSSR count). The van der Waals surface area contributed by atoms with Gasteiger partial charge < -0.3 is 25.0 Å². The molecule has 0 bridgehead atoms. The molecule has 1 atom stereocenters. The fourth-order valence-electron chi connectivity index (χ4n) is 2.02. The minimum absolute atomic E-state index is 0.0622. The molecule has 108 valence electrons. The van der Waals surface area contributed by atoms with Crippen LogP contribution in [0.25, 0.3) is 11.2 Å². The van der Waals surface area contributed by atoms with Crippen LogP contribution < -0.4 is 16.1 Å². The fourth-order valence-corrected chi connectivity index (χ4v) is 2.02. The van der Waals surface area contributed by atoms with Gasteiger partial charge in [-0.3, -0.25) is 4.79 Å². The first-order valence-corrected chi connectivity index (χ1v) is 6.13. The molecule has 1 unspecified atom stereocenters. The van der Waals surface area contributed by atoms with E-state index in [9.17, 15) is 4.79 Å². The van der Waals surface area contributed by atoms with Crippen molar-refractivity contribution >= 4 is 17.1 Å². The first-order chi connectivity index (χ1) is 9.46. The summed E-state index contributed by atoms with van der Waals surface area (Å²) in [6.07, 6.45) is 1.10. The molecule has 3 heterocycles. The first-order valence-electron chi connectivity index (χ1n) is 6.13. The maximum absolute atomic E-state index is 12.1. The van der Waals surface area contributed by atoms with E-state index in [4.69, 9.17) is 20.0 Å². The van der Waals surface area contributed by atoms with Gasteiger partial charge in [-0.2, -0.15) is 4.98 Å². The lowest BCUT2D eigenvalue weighted by atomic mass is 10.4. The summed E-state index contributed by atoms with van der Waals surface area (Å²) >= 11 is 0. The Labute approximate surface area is 113 Å². The van der Waals surface area contributed by atoms with Crippen LogP contribution in [0.5, 0.6) is 0 Å². The number of anilines is 1. The van der Waals surface area contributed by atoms with Crippen LogP contribution in [0.1, 0.15) is 13.8 Å². The Hall–Kier alpha value is -2.13. The van der Waals surface area contributed by atoms with Crippen molar-refractivity contribution in [2.75, 3.05) is 18.9 Å². The van der Waals surface area contributed by atoms with E-state index >= 15 is 0 Å². The van der Waals surface area contributed by atoms with Gasteiger partial charge in [-0.05, 0) is 13.8 Å². The third-order valence-corrected chi connectivity index (χ3v) is 2.90. The number of H-pyrrole nitrogens is 1. The van der Waals surface area contributed by atoms with Crippen LogP contribution in [0.2, 0.25) is 0 Å². The molecule has 20 heavy (non-hydrogen) atoms. The Balaban J connectivity index is 1.79. The summed E-state index contributed by atoms with van der Waals surface area (Å²) in [7, 11) is 0. The summed E-state index contributed by atoms with van der Waals surface area (Å²) in [4.78, 5) is 28.1. The summed E-state index contributed by atoms with van der Waals surface area (Å²) in [5.41, 5.74) is 5.74. The highest BCUT2D eigenvalue weighted by molar-refractivity contribution is 5.69. The molecule has 1 aliphatic heterocycles. The molecule has 0 spiro atoms. The van der Waals surface area contributed by atoms with Crippen molar-refractivity contribution in [1.29, 1.82) is 0 Å². The highest BCUT2D eigenvalue weighted by Crippen LogP contribution is 2.21. The van der Waals surface area contributed by atoms with E-state index in [-0.39, 0.29) is 29.8 Å². The van der Waals surface area contributed by atoms with Gasteiger partial charge in [0.2, 0.25) is 5.95 Å². The van der Waals surface area contributed by atoms with Gasteiger partial charge in [0.1, 0.15) is 12.7 Å². The predicted molar refractivity (Wildman–Crippen MR) is 68.9 cm³/mol. The number of aromatic amines is 1. The van der Waals surface area contributed by atoms with Crippen LogP contribution in [0.15, 0.2) is 11.1 Å². The molecular formula is C11H15N5O4. The number of ether oxygens (including phenoxy) is 2. The molecule has 0 amide bonds. The standard InChI is InChI=1S/C11H15N5O4/c1-11(2)18-3-6(20-11)4-19-16-9(17)7-8(14-5-13-7)15-10(16)12/h5-6H,3-4H2,1-2H3,(H2,12,15)(H,13,14). The van der Waals surface area contributed by atoms with Gasteiger partial charge in [0.15, 0.2) is 17.0 Å². The summed E-state index contributed by atoms with van der Waals surface area (Å²) in [6, 6.07) is 0. The van der Waals surface area contributed by atoms with Gasteiger partial charge in [0.05, 0.1) is 12.9 Å². The van der Waals surface area contributed by atoms with Crippen molar-refractivity contribution in [2.24, 2.45) is 0 Å². The van der Waals surface area contributed by atoms with E-state index in [1.54, 1.807) is 0 Å². The van der Waals surface area contributed by atoms with E-state index in [0.717, 1.165) is 4.73 Å². The number of hydrogen-bond acceptors (Lipinski definition) is 7. The number of nitrogens with zero attached hydrogens (tertiary/aromatic N) is 3. The average molecular weight is 281 g/mol. The monoisotopic (exact) mass is 281 g/mol. The molecule has 1 saturated heterocycles. The van der Waals surface area contributed by atoms with Gasteiger partial charge in [0.25, 0.3) is 0 Å². The van der Waals surface area contributed by atoms with Crippen molar-refractivity contribution in [1.82, 2.24) is 19.7 Å². The molecule has 0 saturated carbocycles. The summed E-state index contributed by atoms with van der Waals surface area (Å²) in [6.45, 7) is 4.15. The van der Waals surface area contributed by atoms with E-state index in [2.05, 4.69) is 15.0 Å². The van der Waals surface area contributed by atoms with Gasteiger partial charge in [0, 0.05) is 0 Å². The quantitative estimate of drug-likeness (QED) is 0.762. The second kappa shape index (κ2) is 4.46. The van der Waals surface area contributed by atoms with Crippen LogP contribution in [0.3, 0.4) is 0 Å². The highest BCUT2D eigenvalue weighted by Gasteiger charge is 2.33. The van der Waals surface area contributed by atoms with Crippen LogP contribution in [0.4, 0.5) is 5.95 Å². The van der Waals surface area contributed by atoms with Crippen LogP contribution in [-0.2, 0) is 9.47 Å². The van der Waals surface area contributed by atoms with Crippen molar-refractivity contribution < 1.29 is 14.3 Å². The lowest BCUT2D eigenvalue weighted by Gasteiger charge is -2.17. The number of rotatable bonds is 3. The predicted octanol–water partition coefficient (Wildman–Crippen LogP) is -0.718. The molecule has 9 nitrogen and oxygen atoms in total. The topological polar surface area (TPSA) is 117 Å². The molecule has 2 aromatic rings. The largest absolute Gasteiger partial charge is 0.404 e. The minimum atomic E-state index is -0.643. The zero-order chi connectivity index (χ0) is 14.3. The minimum Gasteiger partial charge on any atom is -0.404 e. The average Bonchev–Trinajstić information content (AvgIpc) is 2.95. The molecule has 1 aliphatic rings. The summed E-state index contributed by atoms with van der Waals surface area (Å²) in [5, 5.41) is 0. The first kappa shape index (κ1) is 12.9. The third-order valence-electron chi connectivity index (χ3n) is 2.90.